The lowest BCUT2D eigenvalue weighted by Crippen LogP contribution is -2.33. The molecule has 0 unspecified atom stereocenters. The highest BCUT2D eigenvalue weighted by Gasteiger charge is 2.19. The van der Waals surface area contributed by atoms with Crippen LogP contribution in [0, 0.1) is 0 Å². The number of hydrogen-bond acceptors (Lipinski definition) is 2. The number of pyridine rings is 1. The zero-order valence-corrected chi connectivity index (χ0v) is 11.7. The monoisotopic (exact) mass is 242 g/mol. The first-order valence-electron chi connectivity index (χ1n) is 6.70. The maximum Gasteiger partial charge on any atom is 0.0668 e. The summed E-state index contributed by atoms with van der Waals surface area (Å²) in [6.45, 7) is 9.83. The third-order valence-electron chi connectivity index (χ3n) is 3.27. The van der Waals surface area contributed by atoms with Crippen molar-refractivity contribution < 1.29 is 0 Å². The van der Waals surface area contributed by atoms with Gasteiger partial charge in [-0.2, -0.15) is 0 Å². The molecule has 1 aliphatic rings. The van der Waals surface area contributed by atoms with E-state index >= 15 is 0 Å². The molecule has 0 spiro atoms. The molecule has 2 rings (SSSR count). The molecule has 18 heavy (non-hydrogen) atoms. The van der Waals surface area contributed by atoms with E-state index in [1.54, 1.807) is 0 Å². The SMILES string of the molecule is CC(C)c1nccc2c1N(C(C)C)C/C=C\C=C/2. The van der Waals surface area contributed by atoms with Crippen LogP contribution in [-0.4, -0.2) is 17.6 Å². The van der Waals surface area contributed by atoms with Gasteiger partial charge in [0.25, 0.3) is 0 Å². The van der Waals surface area contributed by atoms with Gasteiger partial charge in [-0.15, -0.1) is 0 Å². The Morgan fingerprint density at radius 1 is 1.17 bits per heavy atom. The fourth-order valence-corrected chi connectivity index (χ4v) is 2.33. The predicted molar refractivity (Wildman–Crippen MR) is 79.0 cm³/mol. The lowest BCUT2D eigenvalue weighted by molar-refractivity contribution is 0.703. The molecule has 0 saturated carbocycles. The van der Waals surface area contributed by atoms with Crippen molar-refractivity contribution in [3.63, 3.8) is 0 Å². The second kappa shape index (κ2) is 5.38. The van der Waals surface area contributed by atoms with Crippen LogP contribution in [-0.2, 0) is 0 Å². The summed E-state index contributed by atoms with van der Waals surface area (Å²) in [6, 6.07) is 2.58. The van der Waals surface area contributed by atoms with Crippen LogP contribution < -0.4 is 4.90 Å². The number of rotatable bonds is 2. The molecular formula is C16H22N2. The van der Waals surface area contributed by atoms with Crippen LogP contribution in [0.2, 0.25) is 0 Å². The molecule has 2 nitrogen and oxygen atoms in total. The average Bonchev–Trinajstić information content (AvgIpc) is 2.28. The van der Waals surface area contributed by atoms with E-state index in [0.717, 1.165) is 6.54 Å². The molecule has 0 N–H and O–H groups in total. The molecule has 2 heterocycles. The Labute approximate surface area is 110 Å². The van der Waals surface area contributed by atoms with Crippen molar-refractivity contribution in [1.29, 1.82) is 0 Å². The van der Waals surface area contributed by atoms with Gasteiger partial charge < -0.3 is 4.90 Å². The summed E-state index contributed by atoms with van der Waals surface area (Å²) >= 11 is 0. The number of allylic oxidation sites excluding steroid dienone is 2. The van der Waals surface area contributed by atoms with Crippen LogP contribution in [0.15, 0.2) is 30.5 Å². The van der Waals surface area contributed by atoms with Crippen molar-refractivity contribution in [2.45, 2.75) is 39.7 Å². The Hall–Kier alpha value is -1.57. The fraction of sp³-hybridized carbons (Fsp3) is 0.438. The summed E-state index contributed by atoms with van der Waals surface area (Å²) in [5.74, 6) is 0.443. The zero-order chi connectivity index (χ0) is 13.1. The third kappa shape index (κ3) is 2.47. The van der Waals surface area contributed by atoms with Gasteiger partial charge in [0.1, 0.15) is 0 Å². The van der Waals surface area contributed by atoms with Gasteiger partial charge in [-0.05, 0) is 25.8 Å². The van der Waals surface area contributed by atoms with Gasteiger partial charge in [-0.25, -0.2) is 0 Å². The van der Waals surface area contributed by atoms with Gasteiger partial charge in [-0.3, -0.25) is 4.98 Å². The summed E-state index contributed by atoms with van der Waals surface area (Å²) in [5.41, 5.74) is 3.76. The van der Waals surface area contributed by atoms with Gasteiger partial charge in [0, 0.05) is 24.3 Å². The summed E-state index contributed by atoms with van der Waals surface area (Å²) < 4.78 is 0. The van der Waals surface area contributed by atoms with E-state index in [2.05, 4.69) is 67.9 Å². The number of fused-ring (bicyclic) bond motifs is 1. The van der Waals surface area contributed by atoms with Gasteiger partial charge in [-0.1, -0.05) is 38.2 Å². The molecule has 0 saturated heterocycles. The average molecular weight is 242 g/mol. The minimum atomic E-state index is 0.443. The van der Waals surface area contributed by atoms with Crippen molar-refractivity contribution in [3.8, 4) is 0 Å². The standard InChI is InChI=1S/C16H22N2/c1-12(2)15-16-14(9-10-17-15)8-6-5-7-11-18(16)13(3)4/h5-10,12-13H,11H2,1-4H3/b7-5-,8-6-. The van der Waals surface area contributed by atoms with Crippen LogP contribution >= 0.6 is 0 Å². The first-order chi connectivity index (χ1) is 8.61. The maximum absolute atomic E-state index is 4.60. The molecule has 1 aromatic rings. The highest BCUT2D eigenvalue weighted by Crippen LogP contribution is 2.32. The second-order valence-electron chi connectivity index (χ2n) is 5.32. The smallest absolute Gasteiger partial charge is 0.0668 e. The first kappa shape index (κ1) is 12.9. The molecule has 2 heteroatoms. The molecule has 96 valence electrons. The summed E-state index contributed by atoms with van der Waals surface area (Å²) in [7, 11) is 0. The maximum atomic E-state index is 4.60. The third-order valence-corrected chi connectivity index (χ3v) is 3.27. The highest BCUT2D eigenvalue weighted by molar-refractivity contribution is 5.72. The van der Waals surface area contributed by atoms with Crippen LogP contribution in [0.1, 0.15) is 44.9 Å². The van der Waals surface area contributed by atoms with Crippen molar-refractivity contribution in [2.75, 3.05) is 11.4 Å². The van der Waals surface area contributed by atoms with Crippen molar-refractivity contribution in [2.24, 2.45) is 0 Å². The normalized spacial score (nSPS) is 18.4. The van der Waals surface area contributed by atoms with E-state index in [0.29, 0.717) is 12.0 Å². The second-order valence-corrected chi connectivity index (χ2v) is 5.32. The molecule has 0 radical (unpaired) electrons. The summed E-state index contributed by atoms with van der Waals surface area (Å²) in [6.07, 6.45) is 10.5. The first-order valence-corrected chi connectivity index (χ1v) is 6.70. The van der Waals surface area contributed by atoms with Gasteiger partial charge in [0.15, 0.2) is 0 Å². The molecule has 0 bridgehead atoms. The Morgan fingerprint density at radius 2 is 1.94 bits per heavy atom. The van der Waals surface area contributed by atoms with E-state index in [1.165, 1.54) is 16.9 Å². The van der Waals surface area contributed by atoms with Gasteiger partial charge in [0.05, 0.1) is 11.4 Å². The molecule has 1 aromatic heterocycles. The summed E-state index contributed by atoms with van der Waals surface area (Å²) in [5, 5.41) is 0. The van der Waals surface area contributed by atoms with Gasteiger partial charge in [0.2, 0.25) is 0 Å². The van der Waals surface area contributed by atoms with Crippen molar-refractivity contribution in [3.05, 3.63) is 41.7 Å². The number of nitrogens with zero attached hydrogens (tertiary/aromatic N) is 2. The Bertz CT molecular complexity index is 470. The van der Waals surface area contributed by atoms with Crippen LogP contribution in [0.4, 0.5) is 5.69 Å². The van der Waals surface area contributed by atoms with E-state index in [-0.39, 0.29) is 0 Å². The molecule has 1 aliphatic heterocycles. The number of aromatic nitrogens is 1. The quantitative estimate of drug-likeness (QED) is 0.779. The largest absolute Gasteiger partial charge is 0.363 e. The fourth-order valence-electron chi connectivity index (χ4n) is 2.33. The van der Waals surface area contributed by atoms with Crippen LogP contribution in [0.3, 0.4) is 0 Å². The molecular weight excluding hydrogens is 220 g/mol. The molecule has 0 amide bonds. The Morgan fingerprint density at radius 3 is 2.61 bits per heavy atom. The van der Waals surface area contributed by atoms with E-state index in [4.69, 9.17) is 0 Å². The molecule has 0 aromatic carbocycles. The number of anilines is 1. The number of hydrogen-bond donors (Lipinski definition) is 0. The van der Waals surface area contributed by atoms with Gasteiger partial charge >= 0.3 is 0 Å². The van der Waals surface area contributed by atoms with Crippen molar-refractivity contribution in [1.82, 2.24) is 4.98 Å². The lowest BCUT2D eigenvalue weighted by atomic mass is 10.0. The minimum absolute atomic E-state index is 0.443. The van der Waals surface area contributed by atoms with E-state index < -0.39 is 0 Å². The van der Waals surface area contributed by atoms with E-state index in [9.17, 15) is 0 Å². The van der Waals surface area contributed by atoms with Crippen LogP contribution in [0.5, 0.6) is 0 Å². The van der Waals surface area contributed by atoms with E-state index in [1.807, 2.05) is 6.20 Å². The minimum Gasteiger partial charge on any atom is -0.363 e. The topological polar surface area (TPSA) is 16.1 Å². The molecule has 0 fully saturated rings. The van der Waals surface area contributed by atoms with Crippen LogP contribution in [0.25, 0.3) is 6.08 Å². The highest BCUT2D eigenvalue weighted by atomic mass is 15.2. The molecule has 0 aliphatic carbocycles. The Kier molecular flexibility index (Phi) is 3.85. The Balaban J connectivity index is 2.61. The molecule has 0 atom stereocenters. The summed E-state index contributed by atoms with van der Waals surface area (Å²) in [4.78, 5) is 7.03. The predicted octanol–water partition coefficient (Wildman–Crippen LogP) is 4.00. The van der Waals surface area contributed by atoms with Crippen molar-refractivity contribution >= 4 is 11.8 Å². The zero-order valence-electron chi connectivity index (χ0n) is 11.7. The lowest BCUT2D eigenvalue weighted by Gasteiger charge is -2.32.